The zero-order valence-electron chi connectivity index (χ0n) is 17.0. The lowest BCUT2D eigenvalue weighted by Gasteiger charge is -2.25. The number of aldehydes is 1. The maximum Gasteiger partial charge on any atom is 0.172 e. The minimum absolute atomic E-state index is 0.292. The fraction of sp³-hybridized carbons (Fsp3) is 0.500. The molecule has 156 valence electrons. The Kier molecular flexibility index (Phi) is 7.71. The highest BCUT2D eigenvalue weighted by Gasteiger charge is 2.18. The summed E-state index contributed by atoms with van der Waals surface area (Å²) in [5, 5.41) is 13.0. The van der Waals surface area contributed by atoms with E-state index in [1.54, 1.807) is 6.20 Å². The van der Waals surface area contributed by atoms with Crippen molar-refractivity contribution >= 4 is 29.4 Å². The molecule has 29 heavy (non-hydrogen) atoms. The molecule has 2 aromatic heterocycles. The van der Waals surface area contributed by atoms with Crippen molar-refractivity contribution in [1.29, 1.82) is 0 Å². The first-order valence-corrected chi connectivity index (χ1v) is 10.1. The molecule has 0 unspecified atom stereocenters. The Bertz CT molecular complexity index is 809. The van der Waals surface area contributed by atoms with E-state index >= 15 is 0 Å². The van der Waals surface area contributed by atoms with Gasteiger partial charge in [-0.3, -0.25) is 4.79 Å². The zero-order valence-corrected chi connectivity index (χ0v) is 17.0. The molecular weight excluding hydrogens is 370 g/mol. The van der Waals surface area contributed by atoms with Crippen LogP contribution in [-0.2, 0) is 11.2 Å². The van der Waals surface area contributed by atoms with Crippen molar-refractivity contribution in [3.8, 4) is 0 Å². The number of likely N-dealkylation sites (N-methyl/N-ethyl adjacent to an activating group) is 1. The number of aryl methyl sites for hydroxylation is 1. The molecular formula is C20H29N7O2. The summed E-state index contributed by atoms with van der Waals surface area (Å²) in [6, 6.07) is 4.01. The highest BCUT2D eigenvalue weighted by Crippen LogP contribution is 2.24. The number of carbonyl (C=O) groups excluding carboxylic acids is 1. The second-order valence-electron chi connectivity index (χ2n) is 6.84. The van der Waals surface area contributed by atoms with Crippen LogP contribution in [0.5, 0.6) is 0 Å². The van der Waals surface area contributed by atoms with E-state index in [1.807, 2.05) is 26.1 Å². The van der Waals surface area contributed by atoms with Crippen LogP contribution in [0.4, 0.5) is 23.1 Å². The number of rotatable bonds is 10. The summed E-state index contributed by atoms with van der Waals surface area (Å²) >= 11 is 0. The fourth-order valence-electron chi connectivity index (χ4n) is 3.11. The van der Waals surface area contributed by atoms with Crippen molar-refractivity contribution < 1.29 is 9.53 Å². The van der Waals surface area contributed by atoms with Gasteiger partial charge in [0.05, 0.1) is 5.69 Å². The van der Waals surface area contributed by atoms with Crippen LogP contribution in [0.2, 0.25) is 0 Å². The lowest BCUT2D eigenvalue weighted by Crippen LogP contribution is -2.29. The van der Waals surface area contributed by atoms with E-state index in [9.17, 15) is 4.79 Å². The van der Waals surface area contributed by atoms with Gasteiger partial charge in [-0.1, -0.05) is 6.92 Å². The number of carbonyl (C=O) groups is 1. The highest BCUT2D eigenvalue weighted by molar-refractivity contribution is 5.82. The van der Waals surface area contributed by atoms with Crippen molar-refractivity contribution in [2.24, 2.45) is 0 Å². The minimum Gasteiger partial charge on any atom is -0.381 e. The second-order valence-corrected chi connectivity index (χ2v) is 6.84. The third kappa shape index (κ3) is 5.85. The third-order valence-electron chi connectivity index (χ3n) is 4.71. The minimum atomic E-state index is 0.292. The van der Waals surface area contributed by atoms with E-state index in [0.29, 0.717) is 29.8 Å². The van der Waals surface area contributed by atoms with Crippen molar-refractivity contribution in [2.45, 2.75) is 32.2 Å². The van der Waals surface area contributed by atoms with E-state index < -0.39 is 0 Å². The number of nitrogens with one attached hydrogen (secondary N) is 4. The first-order valence-electron chi connectivity index (χ1n) is 10.1. The molecule has 1 saturated heterocycles. The summed E-state index contributed by atoms with van der Waals surface area (Å²) in [4.78, 5) is 25.2. The number of pyridine rings is 1. The Morgan fingerprint density at radius 1 is 1.21 bits per heavy atom. The number of nitrogens with zero attached hydrogens (tertiary/aromatic N) is 3. The van der Waals surface area contributed by atoms with Crippen molar-refractivity contribution in [3.05, 3.63) is 29.7 Å². The van der Waals surface area contributed by atoms with Gasteiger partial charge in [0.15, 0.2) is 12.1 Å². The summed E-state index contributed by atoms with van der Waals surface area (Å²) in [7, 11) is 1.90. The normalized spacial score (nSPS) is 14.4. The summed E-state index contributed by atoms with van der Waals surface area (Å²) in [6.07, 6.45) is 4.98. The van der Waals surface area contributed by atoms with Crippen molar-refractivity contribution in [1.82, 2.24) is 20.3 Å². The van der Waals surface area contributed by atoms with Crippen LogP contribution < -0.4 is 21.3 Å². The van der Waals surface area contributed by atoms with Crippen molar-refractivity contribution in [2.75, 3.05) is 49.3 Å². The van der Waals surface area contributed by atoms with E-state index in [0.717, 1.165) is 62.6 Å². The molecule has 1 aliphatic rings. The fourth-order valence-corrected chi connectivity index (χ4v) is 3.11. The maximum atomic E-state index is 11.6. The quantitative estimate of drug-likeness (QED) is 0.353. The van der Waals surface area contributed by atoms with Crippen LogP contribution in [0.15, 0.2) is 18.3 Å². The largest absolute Gasteiger partial charge is 0.381 e. The van der Waals surface area contributed by atoms with Gasteiger partial charge in [-0.25, -0.2) is 15.0 Å². The Morgan fingerprint density at radius 2 is 2.03 bits per heavy atom. The van der Waals surface area contributed by atoms with E-state index in [2.05, 4.69) is 31.2 Å². The van der Waals surface area contributed by atoms with Gasteiger partial charge in [0, 0.05) is 50.3 Å². The molecule has 0 radical (unpaired) electrons. The van der Waals surface area contributed by atoms with Gasteiger partial charge >= 0.3 is 0 Å². The number of anilines is 4. The van der Waals surface area contributed by atoms with Crippen LogP contribution >= 0.6 is 0 Å². The van der Waals surface area contributed by atoms with Gasteiger partial charge in [-0.2, -0.15) is 0 Å². The number of hydrogen-bond donors (Lipinski definition) is 4. The Morgan fingerprint density at radius 3 is 2.76 bits per heavy atom. The summed E-state index contributed by atoms with van der Waals surface area (Å²) in [5.41, 5.74) is 1.86. The van der Waals surface area contributed by atoms with Gasteiger partial charge in [0.1, 0.15) is 17.3 Å². The molecule has 4 N–H and O–H groups in total. The highest BCUT2D eigenvalue weighted by atomic mass is 16.5. The SMILES string of the molecule is CCc1nc(C=O)c(Nc2ccnc(NCCNC)c2)nc1NC1CCOCC1. The molecule has 1 fully saturated rings. The molecule has 0 atom stereocenters. The molecule has 1 aliphatic heterocycles. The molecule has 0 aliphatic carbocycles. The molecule has 0 spiro atoms. The topological polar surface area (TPSA) is 113 Å². The Balaban J connectivity index is 1.81. The Hall–Kier alpha value is -2.78. The summed E-state index contributed by atoms with van der Waals surface area (Å²) in [5.74, 6) is 1.89. The third-order valence-corrected chi connectivity index (χ3v) is 4.71. The van der Waals surface area contributed by atoms with Crippen LogP contribution in [-0.4, -0.2) is 60.6 Å². The van der Waals surface area contributed by atoms with E-state index in [-0.39, 0.29) is 0 Å². The predicted octanol–water partition coefficient (Wildman–Crippen LogP) is 2.21. The molecule has 3 rings (SSSR count). The summed E-state index contributed by atoms with van der Waals surface area (Å²) < 4.78 is 5.43. The number of hydrogen-bond acceptors (Lipinski definition) is 9. The average Bonchev–Trinajstić information content (AvgIpc) is 2.75. The number of ether oxygens (including phenoxy) is 1. The first kappa shape index (κ1) is 20.9. The van der Waals surface area contributed by atoms with Crippen LogP contribution in [0, 0.1) is 0 Å². The van der Waals surface area contributed by atoms with Gasteiger partial charge in [-0.15, -0.1) is 0 Å². The maximum absolute atomic E-state index is 11.6. The average molecular weight is 399 g/mol. The Labute approximate surface area is 171 Å². The standard InChI is InChI=1S/C20H29N7O2/c1-3-16-19(24-14-5-10-29-11-6-14)27-20(17(13-28)26-16)25-15-4-7-22-18(12-15)23-9-8-21-2/h4,7,12-14,21H,3,5-6,8-11H2,1-2H3,(H3,22,23,24,25,27). The molecule has 2 aromatic rings. The molecule has 3 heterocycles. The molecule has 0 saturated carbocycles. The summed E-state index contributed by atoms with van der Waals surface area (Å²) in [6.45, 7) is 5.08. The van der Waals surface area contributed by atoms with Crippen LogP contribution in [0.25, 0.3) is 0 Å². The molecule has 9 nitrogen and oxygen atoms in total. The van der Waals surface area contributed by atoms with Crippen molar-refractivity contribution in [3.63, 3.8) is 0 Å². The molecule has 9 heteroatoms. The van der Waals surface area contributed by atoms with E-state index in [1.165, 1.54) is 0 Å². The number of aromatic nitrogens is 3. The molecule has 0 bridgehead atoms. The predicted molar refractivity (Wildman–Crippen MR) is 114 cm³/mol. The zero-order chi connectivity index (χ0) is 20.5. The first-order chi connectivity index (χ1) is 14.2. The van der Waals surface area contributed by atoms with Crippen LogP contribution in [0.1, 0.15) is 35.9 Å². The van der Waals surface area contributed by atoms with Crippen LogP contribution in [0.3, 0.4) is 0 Å². The van der Waals surface area contributed by atoms with Gasteiger partial charge in [0.25, 0.3) is 0 Å². The molecule has 0 aromatic carbocycles. The lowest BCUT2D eigenvalue weighted by atomic mass is 10.1. The smallest absolute Gasteiger partial charge is 0.172 e. The lowest BCUT2D eigenvalue weighted by molar-refractivity contribution is 0.0903. The van der Waals surface area contributed by atoms with E-state index in [4.69, 9.17) is 9.72 Å². The van der Waals surface area contributed by atoms with Gasteiger partial charge < -0.3 is 26.0 Å². The monoisotopic (exact) mass is 399 g/mol. The molecule has 0 amide bonds. The van der Waals surface area contributed by atoms with Gasteiger partial charge in [-0.05, 0) is 32.4 Å². The van der Waals surface area contributed by atoms with Gasteiger partial charge in [0.2, 0.25) is 0 Å². The second kappa shape index (κ2) is 10.7.